The Hall–Kier alpha value is -2.03. The number of nitrogens with zero attached hydrogens (tertiary/aromatic N) is 1. The minimum atomic E-state index is -0.834. The third-order valence-corrected chi connectivity index (χ3v) is 3.03. The number of carboxylic acid groups (broad SMARTS) is 1. The van der Waals surface area contributed by atoms with Crippen LogP contribution in [0, 0.1) is 0 Å². The van der Waals surface area contributed by atoms with Crippen molar-refractivity contribution in [2.24, 2.45) is 0 Å². The van der Waals surface area contributed by atoms with E-state index in [9.17, 15) is 9.90 Å². The molecule has 1 heterocycles. The summed E-state index contributed by atoms with van der Waals surface area (Å²) in [6, 6.07) is 12.5. The second-order valence-corrected chi connectivity index (χ2v) is 4.65. The fourth-order valence-corrected chi connectivity index (χ4v) is 2.19. The minimum absolute atomic E-state index is 0.297. The van der Waals surface area contributed by atoms with E-state index in [0.717, 1.165) is 11.3 Å². The second kappa shape index (κ2) is 5.08. The summed E-state index contributed by atoms with van der Waals surface area (Å²) >= 11 is 0. The highest BCUT2D eigenvalue weighted by molar-refractivity contribution is 5.76. The molecule has 0 aliphatic carbocycles. The van der Waals surface area contributed by atoms with Gasteiger partial charge in [-0.15, -0.1) is 0 Å². The summed E-state index contributed by atoms with van der Waals surface area (Å²) in [5, 5.41) is 9.48. The van der Waals surface area contributed by atoms with Gasteiger partial charge in [0.25, 0.3) is 0 Å². The smallest absolute Gasteiger partial charge is 0.331 e. The Labute approximate surface area is 107 Å². The molecule has 3 heteroatoms. The molecule has 1 N–H and O–H groups in total. The predicted octanol–water partition coefficient (Wildman–Crippen LogP) is 3.29. The Morgan fingerprint density at radius 2 is 1.78 bits per heavy atom. The number of carboxylic acids is 1. The van der Waals surface area contributed by atoms with E-state index in [4.69, 9.17) is 0 Å². The van der Waals surface area contributed by atoms with E-state index in [1.807, 2.05) is 53.2 Å². The minimum Gasteiger partial charge on any atom is -0.479 e. The average molecular weight is 243 g/mol. The summed E-state index contributed by atoms with van der Waals surface area (Å²) in [4.78, 5) is 11.6. The zero-order valence-corrected chi connectivity index (χ0v) is 10.6. The van der Waals surface area contributed by atoms with Crippen molar-refractivity contribution in [2.45, 2.75) is 25.8 Å². The Bertz CT molecular complexity index is 528. The number of aromatic nitrogens is 1. The van der Waals surface area contributed by atoms with Gasteiger partial charge in [0.15, 0.2) is 6.04 Å². The third kappa shape index (κ3) is 2.30. The van der Waals surface area contributed by atoms with Crippen molar-refractivity contribution >= 4 is 5.97 Å². The lowest BCUT2D eigenvalue weighted by Gasteiger charge is -2.20. The first kappa shape index (κ1) is 12.4. The standard InChI is InChI=1S/C15H17NO2/c1-11(2)13-9-6-10-16(13)14(15(17)18)12-7-4-3-5-8-12/h3-11,14H,1-2H3,(H,17,18). The molecule has 1 aromatic heterocycles. The highest BCUT2D eigenvalue weighted by Gasteiger charge is 2.23. The van der Waals surface area contributed by atoms with E-state index in [1.54, 1.807) is 0 Å². The topological polar surface area (TPSA) is 42.2 Å². The van der Waals surface area contributed by atoms with E-state index in [-0.39, 0.29) is 0 Å². The van der Waals surface area contributed by atoms with Crippen LogP contribution in [0.3, 0.4) is 0 Å². The van der Waals surface area contributed by atoms with Gasteiger partial charge in [-0.2, -0.15) is 0 Å². The summed E-state index contributed by atoms with van der Waals surface area (Å²) < 4.78 is 1.84. The number of carbonyl (C=O) groups is 1. The van der Waals surface area contributed by atoms with Crippen molar-refractivity contribution < 1.29 is 9.90 Å². The average Bonchev–Trinajstić information content (AvgIpc) is 2.79. The van der Waals surface area contributed by atoms with Crippen molar-refractivity contribution in [3.63, 3.8) is 0 Å². The maximum Gasteiger partial charge on any atom is 0.331 e. The Kier molecular flexibility index (Phi) is 3.51. The molecule has 1 atom stereocenters. The number of aliphatic carboxylic acids is 1. The zero-order valence-electron chi connectivity index (χ0n) is 10.6. The molecule has 0 aliphatic rings. The number of benzene rings is 1. The fraction of sp³-hybridized carbons (Fsp3) is 0.267. The van der Waals surface area contributed by atoms with Crippen LogP contribution in [0.25, 0.3) is 0 Å². The predicted molar refractivity (Wildman–Crippen MR) is 70.7 cm³/mol. The monoisotopic (exact) mass is 243 g/mol. The molecule has 18 heavy (non-hydrogen) atoms. The molecule has 2 rings (SSSR count). The van der Waals surface area contributed by atoms with Crippen LogP contribution in [0.1, 0.15) is 37.1 Å². The molecule has 0 aliphatic heterocycles. The van der Waals surface area contributed by atoms with E-state index in [1.165, 1.54) is 0 Å². The SMILES string of the molecule is CC(C)c1cccn1C(C(=O)O)c1ccccc1. The first-order valence-corrected chi connectivity index (χ1v) is 6.05. The van der Waals surface area contributed by atoms with Gasteiger partial charge in [-0.25, -0.2) is 4.79 Å². The van der Waals surface area contributed by atoms with Crippen molar-refractivity contribution in [3.05, 3.63) is 59.9 Å². The van der Waals surface area contributed by atoms with Crippen LogP contribution in [-0.4, -0.2) is 15.6 Å². The first-order chi connectivity index (χ1) is 8.61. The van der Waals surface area contributed by atoms with E-state index in [2.05, 4.69) is 13.8 Å². The molecule has 0 amide bonds. The molecule has 0 spiro atoms. The number of rotatable bonds is 4. The van der Waals surface area contributed by atoms with Gasteiger partial charge in [0.05, 0.1) is 0 Å². The fourth-order valence-electron chi connectivity index (χ4n) is 2.19. The van der Waals surface area contributed by atoms with Crippen molar-refractivity contribution in [3.8, 4) is 0 Å². The normalized spacial score (nSPS) is 12.6. The third-order valence-electron chi connectivity index (χ3n) is 3.03. The lowest BCUT2D eigenvalue weighted by Crippen LogP contribution is -2.21. The van der Waals surface area contributed by atoms with Crippen LogP contribution < -0.4 is 0 Å². The molecule has 1 unspecified atom stereocenters. The molecule has 0 saturated heterocycles. The quantitative estimate of drug-likeness (QED) is 0.895. The largest absolute Gasteiger partial charge is 0.479 e. The molecule has 0 radical (unpaired) electrons. The van der Waals surface area contributed by atoms with Crippen LogP contribution >= 0.6 is 0 Å². The van der Waals surface area contributed by atoms with Crippen LogP contribution in [-0.2, 0) is 4.79 Å². The molecule has 3 nitrogen and oxygen atoms in total. The van der Waals surface area contributed by atoms with E-state index in [0.29, 0.717) is 5.92 Å². The van der Waals surface area contributed by atoms with Crippen LogP contribution in [0.2, 0.25) is 0 Å². The lowest BCUT2D eigenvalue weighted by atomic mass is 10.0. The molecule has 94 valence electrons. The van der Waals surface area contributed by atoms with Gasteiger partial charge in [-0.05, 0) is 23.6 Å². The molecule has 0 saturated carbocycles. The Morgan fingerprint density at radius 1 is 1.11 bits per heavy atom. The number of hydrogen-bond acceptors (Lipinski definition) is 1. The highest BCUT2D eigenvalue weighted by atomic mass is 16.4. The molecular formula is C15H17NO2. The van der Waals surface area contributed by atoms with Gasteiger partial charge in [0.1, 0.15) is 0 Å². The van der Waals surface area contributed by atoms with Crippen LogP contribution in [0.4, 0.5) is 0 Å². The molecule has 1 aromatic carbocycles. The maximum absolute atomic E-state index is 11.6. The van der Waals surface area contributed by atoms with Gasteiger partial charge < -0.3 is 9.67 Å². The van der Waals surface area contributed by atoms with Crippen LogP contribution in [0.5, 0.6) is 0 Å². The maximum atomic E-state index is 11.6. The van der Waals surface area contributed by atoms with Crippen LogP contribution in [0.15, 0.2) is 48.7 Å². The van der Waals surface area contributed by atoms with E-state index >= 15 is 0 Å². The molecular weight excluding hydrogens is 226 g/mol. The van der Waals surface area contributed by atoms with Gasteiger partial charge >= 0.3 is 5.97 Å². The van der Waals surface area contributed by atoms with Crippen molar-refractivity contribution in [2.75, 3.05) is 0 Å². The van der Waals surface area contributed by atoms with Gasteiger partial charge in [-0.1, -0.05) is 44.2 Å². The molecule has 2 aromatic rings. The summed E-state index contributed by atoms with van der Waals surface area (Å²) in [6.07, 6.45) is 1.83. The van der Waals surface area contributed by atoms with Crippen molar-refractivity contribution in [1.82, 2.24) is 4.57 Å². The summed E-state index contributed by atoms with van der Waals surface area (Å²) in [5.41, 5.74) is 1.83. The summed E-state index contributed by atoms with van der Waals surface area (Å²) in [5.74, 6) is -0.537. The Morgan fingerprint density at radius 3 is 2.33 bits per heavy atom. The summed E-state index contributed by atoms with van der Waals surface area (Å²) in [7, 11) is 0. The van der Waals surface area contributed by atoms with Crippen molar-refractivity contribution in [1.29, 1.82) is 0 Å². The van der Waals surface area contributed by atoms with Gasteiger partial charge in [-0.3, -0.25) is 0 Å². The van der Waals surface area contributed by atoms with Gasteiger partial charge in [0, 0.05) is 11.9 Å². The highest BCUT2D eigenvalue weighted by Crippen LogP contribution is 2.25. The molecule has 0 bridgehead atoms. The Balaban J connectivity index is 2.49. The number of hydrogen-bond donors (Lipinski definition) is 1. The van der Waals surface area contributed by atoms with E-state index < -0.39 is 12.0 Å². The summed E-state index contributed by atoms with van der Waals surface area (Å²) in [6.45, 7) is 4.13. The first-order valence-electron chi connectivity index (χ1n) is 6.05. The van der Waals surface area contributed by atoms with Gasteiger partial charge in [0.2, 0.25) is 0 Å². The zero-order chi connectivity index (χ0) is 13.1. The second-order valence-electron chi connectivity index (χ2n) is 4.65. The molecule has 0 fully saturated rings. The lowest BCUT2D eigenvalue weighted by molar-refractivity contribution is -0.139.